The third-order valence-electron chi connectivity index (χ3n) is 3.77. The number of benzene rings is 2. The Bertz CT molecular complexity index is 557. The molecule has 20 heavy (non-hydrogen) atoms. The molecule has 0 heterocycles. The predicted octanol–water partition coefficient (Wildman–Crippen LogP) is 4.76. The molecule has 0 saturated carbocycles. The zero-order valence-corrected chi connectivity index (χ0v) is 12.8. The SMILES string of the molecule is CC(C)c1ccc(-c2ccc(C(C)C)cc2N)c(N)c1. The Hall–Kier alpha value is -1.96. The van der Waals surface area contributed by atoms with Crippen molar-refractivity contribution < 1.29 is 0 Å². The Morgan fingerprint density at radius 2 is 1.00 bits per heavy atom. The summed E-state index contributed by atoms with van der Waals surface area (Å²) >= 11 is 0. The highest BCUT2D eigenvalue weighted by Gasteiger charge is 2.10. The molecule has 0 bridgehead atoms. The second-order valence-electron chi connectivity index (χ2n) is 6.00. The van der Waals surface area contributed by atoms with Crippen molar-refractivity contribution in [1.29, 1.82) is 0 Å². The van der Waals surface area contributed by atoms with Crippen LogP contribution in [0.1, 0.15) is 50.7 Å². The van der Waals surface area contributed by atoms with E-state index in [2.05, 4.69) is 64.1 Å². The molecule has 0 aliphatic heterocycles. The van der Waals surface area contributed by atoms with Gasteiger partial charge in [-0.05, 0) is 35.1 Å². The maximum absolute atomic E-state index is 6.20. The van der Waals surface area contributed by atoms with Gasteiger partial charge in [0.25, 0.3) is 0 Å². The third kappa shape index (κ3) is 2.79. The van der Waals surface area contributed by atoms with Crippen molar-refractivity contribution in [3.05, 3.63) is 47.5 Å². The summed E-state index contributed by atoms with van der Waals surface area (Å²) in [5.74, 6) is 0.957. The van der Waals surface area contributed by atoms with Crippen molar-refractivity contribution >= 4 is 11.4 Å². The van der Waals surface area contributed by atoms with Gasteiger partial charge in [0, 0.05) is 22.5 Å². The summed E-state index contributed by atoms with van der Waals surface area (Å²) in [6.45, 7) is 8.67. The molecule has 2 rings (SSSR count). The lowest BCUT2D eigenvalue weighted by molar-refractivity contribution is 0.866. The van der Waals surface area contributed by atoms with Crippen molar-refractivity contribution in [2.45, 2.75) is 39.5 Å². The molecule has 0 aliphatic rings. The number of nitrogens with two attached hydrogens (primary N) is 2. The van der Waals surface area contributed by atoms with E-state index in [4.69, 9.17) is 11.5 Å². The van der Waals surface area contributed by atoms with Crippen LogP contribution < -0.4 is 11.5 Å². The lowest BCUT2D eigenvalue weighted by Gasteiger charge is -2.14. The van der Waals surface area contributed by atoms with Gasteiger partial charge in [-0.25, -0.2) is 0 Å². The number of rotatable bonds is 3. The smallest absolute Gasteiger partial charge is 0.0397 e. The minimum Gasteiger partial charge on any atom is -0.398 e. The number of hydrogen-bond donors (Lipinski definition) is 2. The second-order valence-corrected chi connectivity index (χ2v) is 6.00. The summed E-state index contributed by atoms with van der Waals surface area (Å²) in [6, 6.07) is 12.5. The molecule has 0 aromatic heterocycles. The van der Waals surface area contributed by atoms with E-state index in [1.165, 1.54) is 11.1 Å². The summed E-state index contributed by atoms with van der Waals surface area (Å²) in [5.41, 5.74) is 18.5. The van der Waals surface area contributed by atoms with Crippen LogP contribution in [-0.2, 0) is 0 Å². The quantitative estimate of drug-likeness (QED) is 0.788. The maximum Gasteiger partial charge on any atom is 0.0397 e. The number of anilines is 2. The molecule has 0 amide bonds. The Morgan fingerprint density at radius 3 is 1.25 bits per heavy atom. The van der Waals surface area contributed by atoms with E-state index in [9.17, 15) is 0 Å². The minimum absolute atomic E-state index is 0.479. The molecule has 0 unspecified atom stereocenters. The topological polar surface area (TPSA) is 52.0 Å². The zero-order chi connectivity index (χ0) is 14.9. The Morgan fingerprint density at radius 1 is 0.650 bits per heavy atom. The normalized spacial score (nSPS) is 11.3. The van der Waals surface area contributed by atoms with Crippen LogP contribution in [0.25, 0.3) is 11.1 Å². The van der Waals surface area contributed by atoms with Crippen LogP contribution in [0.5, 0.6) is 0 Å². The number of hydrogen-bond acceptors (Lipinski definition) is 2. The van der Waals surface area contributed by atoms with Crippen molar-refractivity contribution in [2.75, 3.05) is 11.5 Å². The zero-order valence-electron chi connectivity index (χ0n) is 12.8. The van der Waals surface area contributed by atoms with Crippen LogP contribution in [0.15, 0.2) is 36.4 Å². The fraction of sp³-hybridized carbons (Fsp3) is 0.333. The first-order chi connectivity index (χ1) is 9.40. The lowest BCUT2D eigenvalue weighted by atomic mass is 9.94. The van der Waals surface area contributed by atoms with Gasteiger partial charge in [0.05, 0.1) is 0 Å². The molecule has 4 N–H and O–H groups in total. The first-order valence-corrected chi connectivity index (χ1v) is 7.19. The highest BCUT2D eigenvalue weighted by molar-refractivity contribution is 5.84. The molecular formula is C18H24N2. The average molecular weight is 268 g/mol. The van der Waals surface area contributed by atoms with Gasteiger partial charge in [0.2, 0.25) is 0 Å². The van der Waals surface area contributed by atoms with Crippen molar-refractivity contribution in [3.63, 3.8) is 0 Å². The van der Waals surface area contributed by atoms with E-state index in [1.54, 1.807) is 0 Å². The first kappa shape index (κ1) is 14.4. The largest absolute Gasteiger partial charge is 0.398 e. The maximum atomic E-state index is 6.20. The van der Waals surface area contributed by atoms with Crippen LogP contribution in [0.2, 0.25) is 0 Å². The van der Waals surface area contributed by atoms with Crippen LogP contribution in [0, 0.1) is 0 Å². The highest BCUT2D eigenvalue weighted by atomic mass is 14.6. The summed E-state index contributed by atoms with van der Waals surface area (Å²) < 4.78 is 0. The van der Waals surface area contributed by atoms with Crippen molar-refractivity contribution in [3.8, 4) is 11.1 Å². The van der Waals surface area contributed by atoms with E-state index >= 15 is 0 Å². The van der Waals surface area contributed by atoms with Gasteiger partial charge in [-0.2, -0.15) is 0 Å². The van der Waals surface area contributed by atoms with Gasteiger partial charge in [-0.15, -0.1) is 0 Å². The van der Waals surface area contributed by atoms with Crippen molar-refractivity contribution in [1.82, 2.24) is 0 Å². The Labute approximate surface area is 121 Å². The first-order valence-electron chi connectivity index (χ1n) is 7.19. The summed E-state index contributed by atoms with van der Waals surface area (Å²) in [7, 11) is 0. The average Bonchev–Trinajstić information content (AvgIpc) is 2.38. The Kier molecular flexibility index (Phi) is 4.03. The summed E-state index contributed by atoms with van der Waals surface area (Å²) in [6.07, 6.45) is 0. The minimum atomic E-state index is 0.479. The predicted molar refractivity (Wildman–Crippen MR) is 88.9 cm³/mol. The van der Waals surface area contributed by atoms with Gasteiger partial charge in [-0.3, -0.25) is 0 Å². The highest BCUT2D eigenvalue weighted by Crippen LogP contribution is 2.34. The van der Waals surface area contributed by atoms with E-state index in [0.29, 0.717) is 11.8 Å². The van der Waals surface area contributed by atoms with Gasteiger partial charge >= 0.3 is 0 Å². The molecule has 2 aromatic rings. The Balaban J connectivity index is 2.46. The van der Waals surface area contributed by atoms with Gasteiger partial charge in [0.15, 0.2) is 0 Å². The standard InChI is InChI=1S/C18H24N2/c1-11(2)13-5-7-15(17(19)9-13)16-8-6-14(12(3)4)10-18(16)20/h5-12H,19-20H2,1-4H3. The second kappa shape index (κ2) is 5.58. The third-order valence-corrected chi connectivity index (χ3v) is 3.77. The van der Waals surface area contributed by atoms with E-state index in [1.807, 2.05) is 0 Å². The van der Waals surface area contributed by atoms with E-state index < -0.39 is 0 Å². The molecule has 0 fully saturated rings. The van der Waals surface area contributed by atoms with Crippen molar-refractivity contribution in [2.24, 2.45) is 0 Å². The van der Waals surface area contributed by atoms with E-state index in [-0.39, 0.29) is 0 Å². The fourth-order valence-electron chi connectivity index (χ4n) is 2.37. The van der Waals surface area contributed by atoms with Gasteiger partial charge in [-0.1, -0.05) is 52.0 Å². The molecule has 2 nitrogen and oxygen atoms in total. The molecule has 0 aliphatic carbocycles. The van der Waals surface area contributed by atoms with Crippen LogP contribution >= 0.6 is 0 Å². The monoisotopic (exact) mass is 268 g/mol. The molecule has 0 saturated heterocycles. The fourth-order valence-corrected chi connectivity index (χ4v) is 2.37. The summed E-state index contributed by atoms with van der Waals surface area (Å²) in [5, 5.41) is 0. The molecule has 2 heteroatoms. The van der Waals surface area contributed by atoms with Crippen LogP contribution in [-0.4, -0.2) is 0 Å². The van der Waals surface area contributed by atoms with Gasteiger partial charge < -0.3 is 11.5 Å². The van der Waals surface area contributed by atoms with Gasteiger partial charge in [0.1, 0.15) is 0 Å². The molecule has 2 aromatic carbocycles. The number of nitrogen functional groups attached to an aromatic ring is 2. The molecule has 106 valence electrons. The summed E-state index contributed by atoms with van der Waals surface area (Å²) in [4.78, 5) is 0. The molecule has 0 atom stereocenters. The van der Waals surface area contributed by atoms with Crippen LogP contribution in [0.4, 0.5) is 11.4 Å². The van der Waals surface area contributed by atoms with E-state index in [0.717, 1.165) is 22.5 Å². The van der Waals surface area contributed by atoms with Crippen LogP contribution in [0.3, 0.4) is 0 Å². The lowest BCUT2D eigenvalue weighted by Crippen LogP contribution is -1.98. The molecule has 0 spiro atoms. The molecular weight excluding hydrogens is 244 g/mol. The molecule has 0 radical (unpaired) electrons.